The highest BCUT2D eigenvalue weighted by Gasteiger charge is 2.19. The number of amides is 1. The van der Waals surface area contributed by atoms with Gasteiger partial charge in [0.2, 0.25) is 5.91 Å². The molecule has 1 aliphatic carbocycles. The van der Waals surface area contributed by atoms with E-state index in [0.29, 0.717) is 5.02 Å². The molecule has 1 aromatic carbocycles. The molecule has 4 heteroatoms. The molecule has 1 aromatic rings. The van der Waals surface area contributed by atoms with Crippen LogP contribution in [-0.4, -0.2) is 5.91 Å². The van der Waals surface area contributed by atoms with Crippen LogP contribution in [0.15, 0.2) is 34.8 Å². The lowest BCUT2D eigenvalue weighted by Crippen LogP contribution is -2.20. The van der Waals surface area contributed by atoms with E-state index < -0.39 is 0 Å². The third-order valence-electron chi connectivity index (χ3n) is 2.56. The van der Waals surface area contributed by atoms with E-state index in [0.717, 1.165) is 23.0 Å². The summed E-state index contributed by atoms with van der Waals surface area (Å²) in [6.45, 7) is 0. The first kappa shape index (κ1) is 11.7. The summed E-state index contributed by atoms with van der Waals surface area (Å²) in [4.78, 5) is 11.9. The number of hydrogen-bond donors (Lipinski definition) is 1. The maximum absolute atomic E-state index is 11.9. The minimum atomic E-state index is 0.0490. The molecule has 2 nitrogen and oxygen atoms in total. The quantitative estimate of drug-likeness (QED) is 0.822. The number of halogens is 2. The second-order valence-electron chi connectivity index (χ2n) is 3.75. The fraction of sp³-hybridized carbons (Fsp3) is 0.250. The Morgan fingerprint density at radius 3 is 2.75 bits per heavy atom. The van der Waals surface area contributed by atoms with Gasteiger partial charge in [-0.2, -0.15) is 0 Å². The molecule has 0 atom stereocenters. The molecule has 0 aliphatic heterocycles. The Hall–Kier alpha value is -0.800. The second-order valence-corrected chi connectivity index (χ2v) is 5.04. The Balaban J connectivity index is 2.08. The van der Waals surface area contributed by atoms with Gasteiger partial charge in [-0.15, -0.1) is 0 Å². The van der Waals surface area contributed by atoms with Crippen molar-refractivity contribution in [2.75, 3.05) is 5.32 Å². The highest BCUT2D eigenvalue weighted by molar-refractivity contribution is 9.10. The molecule has 0 bridgehead atoms. The maximum atomic E-state index is 11.9. The smallest absolute Gasteiger partial charge is 0.228 e. The Labute approximate surface area is 108 Å². The molecule has 0 unspecified atom stereocenters. The zero-order valence-corrected chi connectivity index (χ0v) is 10.9. The van der Waals surface area contributed by atoms with Crippen molar-refractivity contribution in [1.82, 2.24) is 0 Å². The summed E-state index contributed by atoms with van der Waals surface area (Å²) in [5.41, 5.74) is 0.726. The van der Waals surface area contributed by atoms with Crippen molar-refractivity contribution in [1.29, 1.82) is 0 Å². The van der Waals surface area contributed by atoms with Gasteiger partial charge in [0.15, 0.2) is 0 Å². The molecule has 0 heterocycles. The fourth-order valence-electron chi connectivity index (χ4n) is 1.66. The van der Waals surface area contributed by atoms with E-state index in [-0.39, 0.29) is 11.8 Å². The highest BCUT2D eigenvalue weighted by atomic mass is 79.9. The number of benzene rings is 1. The first-order valence-electron chi connectivity index (χ1n) is 5.08. The standard InChI is InChI=1S/C12H11BrClNO/c13-10-6-5-9(14)7-11(10)15-12(16)8-3-1-2-4-8/h1-2,5-8H,3-4H2,(H,15,16). The van der Waals surface area contributed by atoms with Gasteiger partial charge in [-0.05, 0) is 47.0 Å². The van der Waals surface area contributed by atoms with Crippen LogP contribution >= 0.6 is 27.5 Å². The third kappa shape index (κ3) is 2.66. The topological polar surface area (TPSA) is 29.1 Å². The van der Waals surface area contributed by atoms with Crippen molar-refractivity contribution >= 4 is 39.1 Å². The maximum Gasteiger partial charge on any atom is 0.228 e. The van der Waals surface area contributed by atoms with Gasteiger partial charge in [-0.1, -0.05) is 23.8 Å². The summed E-state index contributed by atoms with van der Waals surface area (Å²) in [6, 6.07) is 5.34. The lowest BCUT2D eigenvalue weighted by atomic mass is 10.1. The van der Waals surface area contributed by atoms with Crippen LogP contribution in [-0.2, 0) is 4.79 Å². The largest absolute Gasteiger partial charge is 0.325 e. The molecule has 2 rings (SSSR count). The van der Waals surface area contributed by atoms with Gasteiger partial charge < -0.3 is 5.32 Å². The van der Waals surface area contributed by atoms with E-state index in [1.54, 1.807) is 12.1 Å². The zero-order valence-electron chi connectivity index (χ0n) is 8.54. The predicted octanol–water partition coefficient (Wildman–Crippen LogP) is 4.01. The molecule has 0 fully saturated rings. The number of allylic oxidation sites excluding steroid dienone is 2. The number of carbonyl (C=O) groups excluding carboxylic acids is 1. The van der Waals surface area contributed by atoms with Crippen LogP contribution in [0.25, 0.3) is 0 Å². The predicted molar refractivity (Wildman–Crippen MR) is 69.6 cm³/mol. The van der Waals surface area contributed by atoms with Crippen LogP contribution in [0.5, 0.6) is 0 Å². The molecule has 0 radical (unpaired) electrons. The summed E-state index contributed by atoms with van der Waals surface area (Å²) in [5.74, 6) is 0.110. The van der Waals surface area contributed by atoms with Crippen molar-refractivity contribution in [3.8, 4) is 0 Å². The summed E-state index contributed by atoms with van der Waals surface area (Å²) in [6.07, 6.45) is 5.72. The lowest BCUT2D eigenvalue weighted by Gasteiger charge is -2.11. The molecular formula is C12H11BrClNO. The van der Waals surface area contributed by atoms with E-state index in [1.165, 1.54) is 0 Å². The van der Waals surface area contributed by atoms with Crippen LogP contribution in [0.1, 0.15) is 12.8 Å². The summed E-state index contributed by atoms with van der Waals surface area (Å²) < 4.78 is 0.844. The summed E-state index contributed by atoms with van der Waals surface area (Å²) >= 11 is 9.25. The fourth-order valence-corrected chi connectivity index (χ4v) is 2.18. The molecule has 0 saturated heterocycles. The zero-order chi connectivity index (χ0) is 11.5. The van der Waals surface area contributed by atoms with Gasteiger partial charge in [0.1, 0.15) is 0 Å². The molecule has 1 aliphatic rings. The molecule has 16 heavy (non-hydrogen) atoms. The number of nitrogens with one attached hydrogen (secondary N) is 1. The second kappa shape index (κ2) is 5.02. The van der Waals surface area contributed by atoms with Crippen molar-refractivity contribution < 1.29 is 4.79 Å². The van der Waals surface area contributed by atoms with Crippen molar-refractivity contribution in [2.24, 2.45) is 5.92 Å². The van der Waals surface area contributed by atoms with Crippen LogP contribution < -0.4 is 5.32 Å². The number of carbonyl (C=O) groups is 1. The van der Waals surface area contributed by atoms with Crippen LogP contribution in [0.3, 0.4) is 0 Å². The Morgan fingerprint density at radius 1 is 1.38 bits per heavy atom. The summed E-state index contributed by atoms with van der Waals surface area (Å²) in [7, 11) is 0. The first-order valence-corrected chi connectivity index (χ1v) is 6.25. The molecule has 1 amide bonds. The van der Waals surface area contributed by atoms with Crippen LogP contribution in [0.4, 0.5) is 5.69 Å². The highest BCUT2D eigenvalue weighted by Crippen LogP contribution is 2.27. The van der Waals surface area contributed by atoms with Gasteiger partial charge in [0.25, 0.3) is 0 Å². The van der Waals surface area contributed by atoms with Gasteiger partial charge in [-0.3, -0.25) is 4.79 Å². The molecule has 1 N–H and O–H groups in total. The average molecular weight is 301 g/mol. The molecule has 84 valence electrons. The van der Waals surface area contributed by atoms with Gasteiger partial charge >= 0.3 is 0 Å². The first-order chi connectivity index (χ1) is 7.66. The van der Waals surface area contributed by atoms with Crippen molar-refractivity contribution in [3.05, 3.63) is 39.8 Å². The van der Waals surface area contributed by atoms with Crippen molar-refractivity contribution in [3.63, 3.8) is 0 Å². The number of anilines is 1. The molecule has 0 saturated carbocycles. The SMILES string of the molecule is O=C(Nc1cc(Cl)ccc1Br)C1CC=CC1. The van der Waals surface area contributed by atoms with Crippen LogP contribution in [0.2, 0.25) is 5.02 Å². The Kier molecular flexibility index (Phi) is 3.66. The molecule has 0 aromatic heterocycles. The van der Waals surface area contributed by atoms with E-state index in [1.807, 2.05) is 18.2 Å². The Bertz CT molecular complexity index is 437. The third-order valence-corrected chi connectivity index (χ3v) is 3.49. The van der Waals surface area contributed by atoms with Gasteiger partial charge in [0.05, 0.1) is 5.69 Å². The van der Waals surface area contributed by atoms with Crippen LogP contribution in [0, 0.1) is 5.92 Å². The minimum Gasteiger partial charge on any atom is -0.325 e. The average Bonchev–Trinajstić information content (AvgIpc) is 2.76. The Morgan fingerprint density at radius 2 is 2.06 bits per heavy atom. The van der Waals surface area contributed by atoms with E-state index in [2.05, 4.69) is 21.2 Å². The van der Waals surface area contributed by atoms with E-state index >= 15 is 0 Å². The van der Waals surface area contributed by atoms with E-state index in [9.17, 15) is 4.79 Å². The van der Waals surface area contributed by atoms with E-state index in [4.69, 9.17) is 11.6 Å². The molecular weight excluding hydrogens is 289 g/mol. The number of rotatable bonds is 2. The molecule has 0 spiro atoms. The van der Waals surface area contributed by atoms with Crippen molar-refractivity contribution in [2.45, 2.75) is 12.8 Å². The normalized spacial score (nSPS) is 15.4. The monoisotopic (exact) mass is 299 g/mol. The minimum absolute atomic E-state index is 0.0490. The van der Waals surface area contributed by atoms with Gasteiger partial charge in [-0.25, -0.2) is 0 Å². The van der Waals surface area contributed by atoms with Gasteiger partial charge in [0, 0.05) is 15.4 Å². The number of hydrogen-bond acceptors (Lipinski definition) is 1. The summed E-state index contributed by atoms with van der Waals surface area (Å²) in [5, 5.41) is 3.50. The lowest BCUT2D eigenvalue weighted by molar-refractivity contribution is -0.119.